The summed E-state index contributed by atoms with van der Waals surface area (Å²) in [6.07, 6.45) is 0. The van der Waals surface area contributed by atoms with Gasteiger partial charge in [-0.3, -0.25) is 4.79 Å². The summed E-state index contributed by atoms with van der Waals surface area (Å²) in [5.41, 5.74) is 6.74. The third-order valence-corrected chi connectivity index (χ3v) is 3.91. The Balaban J connectivity index is 2.13. The van der Waals surface area contributed by atoms with Crippen LogP contribution in [0.25, 0.3) is 0 Å². The number of anilines is 2. The van der Waals surface area contributed by atoms with Gasteiger partial charge in [-0.15, -0.1) is 0 Å². The Morgan fingerprint density at radius 3 is 2.48 bits per heavy atom. The molecular weight excluding hydrogens is 262 g/mol. The average molecular weight is 285 g/mol. The van der Waals surface area contributed by atoms with E-state index in [-0.39, 0.29) is 5.91 Å². The second-order valence-electron chi connectivity index (χ2n) is 5.52. The van der Waals surface area contributed by atoms with Crippen LogP contribution in [-0.2, 0) is 18.4 Å². The van der Waals surface area contributed by atoms with Crippen molar-refractivity contribution in [2.45, 2.75) is 34.2 Å². The predicted octanol–water partition coefficient (Wildman–Crippen LogP) is 3.52. The number of aromatic nitrogens is 1. The Morgan fingerprint density at radius 2 is 1.90 bits per heavy atom. The van der Waals surface area contributed by atoms with Crippen LogP contribution < -0.4 is 10.6 Å². The molecule has 2 aromatic rings. The Morgan fingerprint density at radius 1 is 1.19 bits per heavy atom. The average Bonchev–Trinajstić information content (AvgIpc) is 2.66. The van der Waals surface area contributed by atoms with Crippen LogP contribution in [0.5, 0.6) is 0 Å². The van der Waals surface area contributed by atoms with Gasteiger partial charge in [-0.1, -0.05) is 6.07 Å². The number of rotatable bonds is 4. The smallest absolute Gasteiger partial charge is 0.221 e. The first kappa shape index (κ1) is 15.2. The summed E-state index contributed by atoms with van der Waals surface area (Å²) in [6.45, 7) is 8.52. The lowest BCUT2D eigenvalue weighted by Gasteiger charge is -2.11. The van der Waals surface area contributed by atoms with Gasteiger partial charge >= 0.3 is 0 Å². The van der Waals surface area contributed by atoms with E-state index < -0.39 is 0 Å². The van der Waals surface area contributed by atoms with Crippen molar-refractivity contribution in [1.82, 2.24) is 4.57 Å². The molecule has 4 nitrogen and oxygen atoms in total. The van der Waals surface area contributed by atoms with E-state index in [4.69, 9.17) is 0 Å². The molecule has 0 atom stereocenters. The van der Waals surface area contributed by atoms with Crippen molar-refractivity contribution >= 4 is 17.3 Å². The van der Waals surface area contributed by atoms with Crippen molar-refractivity contribution in [2.75, 3.05) is 10.6 Å². The molecule has 1 aromatic carbocycles. The third kappa shape index (κ3) is 3.45. The molecular formula is C17H23N3O. The summed E-state index contributed by atoms with van der Waals surface area (Å²) in [5.74, 6) is -0.0511. The van der Waals surface area contributed by atoms with Crippen LogP contribution in [-0.4, -0.2) is 10.5 Å². The van der Waals surface area contributed by atoms with Gasteiger partial charge in [-0.05, 0) is 50.1 Å². The molecule has 2 N–H and O–H groups in total. The lowest BCUT2D eigenvalue weighted by molar-refractivity contribution is -0.114. The number of amides is 1. The molecule has 4 heteroatoms. The number of hydrogen-bond donors (Lipinski definition) is 2. The Labute approximate surface area is 126 Å². The first-order valence-corrected chi connectivity index (χ1v) is 7.12. The SMILES string of the molecule is CC(=O)Nc1cc(NCc2cc(C)n(C)c2C)ccc1C. The van der Waals surface area contributed by atoms with E-state index in [0.29, 0.717) is 0 Å². The largest absolute Gasteiger partial charge is 0.381 e. The van der Waals surface area contributed by atoms with Crippen molar-refractivity contribution in [3.63, 3.8) is 0 Å². The van der Waals surface area contributed by atoms with E-state index in [2.05, 4.69) is 42.2 Å². The zero-order valence-electron chi connectivity index (χ0n) is 13.4. The maximum Gasteiger partial charge on any atom is 0.221 e. The van der Waals surface area contributed by atoms with Gasteiger partial charge in [-0.2, -0.15) is 0 Å². The van der Waals surface area contributed by atoms with Gasteiger partial charge < -0.3 is 15.2 Å². The highest BCUT2D eigenvalue weighted by atomic mass is 16.1. The zero-order chi connectivity index (χ0) is 15.6. The minimum Gasteiger partial charge on any atom is -0.381 e. The normalized spacial score (nSPS) is 10.5. The van der Waals surface area contributed by atoms with E-state index in [1.165, 1.54) is 23.9 Å². The molecule has 0 unspecified atom stereocenters. The Hall–Kier alpha value is -2.23. The van der Waals surface area contributed by atoms with Crippen LogP contribution >= 0.6 is 0 Å². The van der Waals surface area contributed by atoms with Crippen LogP contribution in [0.15, 0.2) is 24.3 Å². The quantitative estimate of drug-likeness (QED) is 0.903. The van der Waals surface area contributed by atoms with E-state index in [9.17, 15) is 4.79 Å². The fraction of sp³-hybridized carbons (Fsp3) is 0.353. The Bertz CT molecular complexity index is 671. The molecule has 0 saturated carbocycles. The summed E-state index contributed by atoms with van der Waals surface area (Å²) < 4.78 is 2.19. The maximum atomic E-state index is 11.2. The molecule has 0 aliphatic rings. The van der Waals surface area contributed by atoms with Gasteiger partial charge in [0.1, 0.15) is 0 Å². The maximum absolute atomic E-state index is 11.2. The lowest BCUT2D eigenvalue weighted by atomic mass is 10.1. The monoisotopic (exact) mass is 285 g/mol. The molecule has 0 saturated heterocycles. The fourth-order valence-electron chi connectivity index (χ4n) is 2.37. The summed E-state index contributed by atoms with van der Waals surface area (Å²) in [4.78, 5) is 11.2. The minimum absolute atomic E-state index is 0.0511. The van der Waals surface area contributed by atoms with Crippen LogP contribution in [0, 0.1) is 20.8 Å². The molecule has 0 aliphatic heterocycles. The fourth-order valence-corrected chi connectivity index (χ4v) is 2.37. The predicted molar refractivity (Wildman–Crippen MR) is 87.7 cm³/mol. The lowest BCUT2D eigenvalue weighted by Crippen LogP contribution is -2.08. The number of hydrogen-bond acceptors (Lipinski definition) is 2. The van der Waals surface area contributed by atoms with Crippen molar-refractivity contribution in [3.05, 3.63) is 46.8 Å². The minimum atomic E-state index is -0.0511. The molecule has 0 spiro atoms. The van der Waals surface area contributed by atoms with Gasteiger partial charge in [0.25, 0.3) is 0 Å². The summed E-state index contributed by atoms with van der Waals surface area (Å²) in [7, 11) is 2.08. The van der Waals surface area contributed by atoms with Gasteiger partial charge in [0.05, 0.1) is 0 Å². The molecule has 1 heterocycles. The highest BCUT2D eigenvalue weighted by Gasteiger charge is 2.07. The van der Waals surface area contributed by atoms with E-state index >= 15 is 0 Å². The number of nitrogens with one attached hydrogen (secondary N) is 2. The van der Waals surface area contributed by atoms with Gasteiger partial charge in [0, 0.05) is 43.3 Å². The van der Waals surface area contributed by atoms with Crippen molar-refractivity contribution < 1.29 is 4.79 Å². The van der Waals surface area contributed by atoms with Crippen LogP contribution in [0.3, 0.4) is 0 Å². The molecule has 0 fully saturated rings. The highest BCUT2D eigenvalue weighted by molar-refractivity contribution is 5.90. The third-order valence-electron chi connectivity index (χ3n) is 3.91. The second-order valence-corrected chi connectivity index (χ2v) is 5.52. The van der Waals surface area contributed by atoms with Crippen molar-refractivity contribution in [3.8, 4) is 0 Å². The number of carbonyl (C=O) groups is 1. The molecule has 0 bridgehead atoms. The van der Waals surface area contributed by atoms with E-state index in [1.807, 2.05) is 25.1 Å². The van der Waals surface area contributed by atoms with Crippen LogP contribution in [0.2, 0.25) is 0 Å². The van der Waals surface area contributed by atoms with Gasteiger partial charge in [0.15, 0.2) is 0 Å². The molecule has 21 heavy (non-hydrogen) atoms. The highest BCUT2D eigenvalue weighted by Crippen LogP contribution is 2.22. The first-order chi connectivity index (χ1) is 9.88. The second kappa shape index (κ2) is 6.04. The van der Waals surface area contributed by atoms with Crippen LogP contribution in [0.1, 0.15) is 29.4 Å². The molecule has 112 valence electrons. The standard InChI is InChI=1S/C17H23N3O/c1-11-6-7-16(9-17(11)19-14(4)21)18-10-15-8-12(2)20(5)13(15)3/h6-9,18H,10H2,1-5H3,(H,19,21). The summed E-state index contributed by atoms with van der Waals surface area (Å²) in [6, 6.07) is 8.22. The molecule has 1 aromatic heterocycles. The number of aryl methyl sites for hydroxylation is 2. The number of nitrogens with zero attached hydrogens (tertiary/aromatic N) is 1. The van der Waals surface area contributed by atoms with Crippen molar-refractivity contribution in [1.29, 1.82) is 0 Å². The van der Waals surface area contributed by atoms with E-state index in [0.717, 1.165) is 23.5 Å². The molecule has 0 radical (unpaired) electrons. The topological polar surface area (TPSA) is 46.1 Å². The van der Waals surface area contributed by atoms with Gasteiger partial charge in [0.2, 0.25) is 5.91 Å². The number of benzene rings is 1. The van der Waals surface area contributed by atoms with Crippen molar-refractivity contribution in [2.24, 2.45) is 7.05 Å². The summed E-state index contributed by atoms with van der Waals surface area (Å²) in [5, 5.41) is 6.27. The summed E-state index contributed by atoms with van der Waals surface area (Å²) >= 11 is 0. The van der Waals surface area contributed by atoms with Gasteiger partial charge in [-0.25, -0.2) is 0 Å². The molecule has 0 aliphatic carbocycles. The molecule has 1 amide bonds. The van der Waals surface area contributed by atoms with Crippen LogP contribution in [0.4, 0.5) is 11.4 Å². The van der Waals surface area contributed by atoms with E-state index in [1.54, 1.807) is 0 Å². The zero-order valence-corrected chi connectivity index (χ0v) is 13.4. The molecule has 2 rings (SSSR count). The Kier molecular flexibility index (Phi) is 4.36. The first-order valence-electron chi connectivity index (χ1n) is 7.12. The number of carbonyl (C=O) groups excluding carboxylic acids is 1.